The molecule has 0 amide bonds. The fourth-order valence-electron chi connectivity index (χ4n) is 7.05. The number of unbranched alkanes of at least 4 members (excludes halogenated alkanes) is 2. The first kappa shape index (κ1) is 17.5. The molecule has 0 aromatic rings. The van der Waals surface area contributed by atoms with Crippen LogP contribution in [-0.2, 0) is 4.65 Å². The maximum Gasteiger partial charge on any atom is 0.299 e. The molecular weight excluding hydrogens is 290 g/mol. The van der Waals surface area contributed by atoms with Gasteiger partial charge in [0.2, 0.25) is 0 Å². The van der Waals surface area contributed by atoms with Gasteiger partial charge in [0, 0.05) is 6.61 Å². The fourth-order valence-corrected chi connectivity index (χ4v) is 7.05. The van der Waals surface area contributed by atoms with Crippen molar-refractivity contribution in [3.8, 4) is 0 Å². The summed E-state index contributed by atoms with van der Waals surface area (Å²) in [5.74, 6) is 4.05. The van der Waals surface area contributed by atoms with E-state index in [9.17, 15) is 0 Å². The molecule has 0 atom stereocenters. The van der Waals surface area contributed by atoms with Crippen molar-refractivity contribution in [1.29, 1.82) is 0 Å². The van der Waals surface area contributed by atoms with Crippen LogP contribution in [0.3, 0.4) is 0 Å². The van der Waals surface area contributed by atoms with Crippen LogP contribution in [0, 0.1) is 0 Å². The third-order valence-corrected chi connectivity index (χ3v) is 8.23. The Morgan fingerprint density at radius 1 is 0.583 bits per heavy atom. The van der Waals surface area contributed by atoms with Gasteiger partial charge in [0.15, 0.2) is 0 Å². The van der Waals surface area contributed by atoms with Crippen molar-refractivity contribution >= 4 is 13.6 Å². The molecule has 4 bridgehead atoms. The number of hydrogen-bond donors (Lipinski definition) is 0. The van der Waals surface area contributed by atoms with E-state index >= 15 is 0 Å². The predicted octanol–water partition coefficient (Wildman–Crippen LogP) is 6.88. The zero-order valence-corrected chi connectivity index (χ0v) is 15.9. The van der Waals surface area contributed by atoms with Gasteiger partial charge >= 0.3 is 0 Å². The Morgan fingerprint density at radius 3 is 1.62 bits per heavy atom. The molecule has 0 N–H and O–H groups in total. The Balaban J connectivity index is 1.12. The Kier molecular flexibility index (Phi) is 6.31. The lowest BCUT2D eigenvalue weighted by atomic mass is 9.26. The maximum absolute atomic E-state index is 6.42. The van der Waals surface area contributed by atoms with Crippen molar-refractivity contribution in [3.05, 3.63) is 0 Å². The minimum atomic E-state index is 0.644. The highest BCUT2D eigenvalue weighted by atomic mass is 16.4. The molecule has 4 aliphatic rings. The minimum absolute atomic E-state index is 0.644. The first-order valence-electron chi connectivity index (χ1n) is 11.5. The van der Waals surface area contributed by atoms with Crippen molar-refractivity contribution in [1.82, 2.24) is 0 Å². The van der Waals surface area contributed by atoms with E-state index in [0.29, 0.717) is 6.92 Å². The second-order valence-electron chi connectivity index (χ2n) is 9.61. The van der Waals surface area contributed by atoms with Gasteiger partial charge in [-0.05, 0) is 18.1 Å². The SMILES string of the molecule is C(CCOB1C2CCCC1CCC2)CCB1C2CCCC1CCC2. The van der Waals surface area contributed by atoms with Gasteiger partial charge < -0.3 is 4.65 Å². The van der Waals surface area contributed by atoms with Crippen molar-refractivity contribution in [3.63, 3.8) is 0 Å². The molecule has 134 valence electrons. The summed E-state index contributed by atoms with van der Waals surface area (Å²) in [6, 6.07) is 0. The molecule has 4 aliphatic heterocycles. The fraction of sp³-hybridized carbons (Fsp3) is 1.00. The summed E-state index contributed by atoms with van der Waals surface area (Å²) < 4.78 is 6.42. The summed E-state index contributed by atoms with van der Waals surface area (Å²) in [5.41, 5.74) is 0. The Labute approximate surface area is 151 Å². The van der Waals surface area contributed by atoms with Gasteiger partial charge in [0.25, 0.3) is 6.92 Å². The van der Waals surface area contributed by atoms with E-state index in [1.807, 2.05) is 0 Å². The van der Waals surface area contributed by atoms with Crippen molar-refractivity contribution in [2.45, 2.75) is 126 Å². The molecule has 0 aromatic carbocycles. The predicted molar refractivity (Wildman–Crippen MR) is 107 cm³/mol. The first-order valence-corrected chi connectivity index (χ1v) is 11.5. The van der Waals surface area contributed by atoms with Crippen molar-refractivity contribution in [2.75, 3.05) is 6.61 Å². The molecule has 1 nitrogen and oxygen atoms in total. The van der Waals surface area contributed by atoms with E-state index < -0.39 is 0 Å². The van der Waals surface area contributed by atoms with E-state index in [2.05, 4.69) is 0 Å². The van der Waals surface area contributed by atoms with Crippen LogP contribution >= 0.6 is 0 Å². The lowest BCUT2D eigenvalue weighted by Gasteiger charge is -2.40. The topological polar surface area (TPSA) is 9.23 Å². The molecule has 3 heteroatoms. The van der Waals surface area contributed by atoms with Crippen LogP contribution in [0.25, 0.3) is 0 Å². The van der Waals surface area contributed by atoms with E-state index in [1.54, 1.807) is 25.7 Å². The summed E-state index contributed by atoms with van der Waals surface area (Å²) in [5, 5.41) is 0. The molecule has 0 aromatic heterocycles. The highest BCUT2D eigenvalue weighted by molar-refractivity contribution is 6.62. The highest BCUT2D eigenvalue weighted by Crippen LogP contribution is 2.48. The molecule has 0 saturated carbocycles. The Bertz CT molecular complexity index is 308. The summed E-state index contributed by atoms with van der Waals surface area (Å²) in [4.78, 5) is 0. The lowest BCUT2D eigenvalue weighted by Crippen LogP contribution is -2.37. The molecule has 4 heterocycles. The third-order valence-electron chi connectivity index (χ3n) is 8.23. The molecule has 4 fully saturated rings. The zero-order chi connectivity index (χ0) is 16.2. The standard InChI is InChI=1S/C21H38B2O/c1(2-16-22-18-8-4-9-19(22)11-5-10-18)3-17-24-23-20-12-6-13-21(23)15-7-14-20/h18-21H,1-17H2. The van der Waals surface area contributed by atoms with Crippen LogP contribution in [0.4, 0.5) is 0 Å². The van der Waals surface area contributed by atoms with Crippen LogP contribution in [0.15, 0.2) is 0 Å². The average Bonchev–Trinajstić information content (AvgIpc) is 2.57. The summed E-state index contributed by atoms with van der Waals surface area (Å²) in [7, 11) is 0. The van der Waals surface area contributed by atoms with Gasteiger partial charge in [-0.1, -0.05) is 108 Å². The highest BCUT2D eigenvalue weighted by Gasteiger charge is 2.41. The first-order chi connectivity index (χ1) is 11.9. The van der Waals surface area contributed by atoms with Gasteiger partial charge in [0.1, 0.15) is 6.71 Å². The second kappa shape index (κ2) is 8.65. The van der Waals surface area contributed by atoms with Crippen molar-refractivity contribution in [2.24, 2.45) is 0 Å². The largest absolute Gasteiger partial charge is 0.435 e. The smallest absolute Gasteiger partial charge is 0.299 e. The molecule has 0 radical (unpaired) electrons. The molecule has 4 saturated heterocycles. The number of hydrogen-bond acceptors (Lipinski definition) is 1. The zero-order valence-electron chi connectivity index (χ0n) is 15.9. The number of fused-ring (bicyclic) bond motifs is 4. The lowest BCUT2D eigenvalue weighted by molar-refractivity contribution is 0.261. The quantitative estimate of drug-likeness (QED) is 0.366. The third kappa shape index (κ3) is 4.08. The molecule has 4 rings (SSSR count). The van der Waals surface area contributed by atoms with E-state index in [1.165, 1.54) is 76.9 Å². The average molecular weight is 328 g/mol. The van der Waals surface area contributed by atoms with E-state index in [-0.39, 0.29) is 0 Å². The molecule has 0 unspecified atom stereocenters. The van der Waals surface area contributed by atoms with Gasteiger partial charge in [-0.15, -0.1) is 0 Å². The summed E-state index contributed by atoms with van der Waals surface area (Å²) in [6.45, 7) is 2.80. The number of rotatable bonds is 7. The summed E-state index contributed by atoms with van der Waals surface area (Å²) in [6.07, 6.45) is 23.7. The molecule has 0 spiro atoms. The van der Waals surface area contributed by atoms with Gasteiger partial charge in [0.05, 0.1) is 0 Å². The Hall–Kier alpha value is 0.0899. The second-order valence-corrected chi connectivity index (χ2v) is 9.61. The van der Waals surface area contributed by atoms with Crippen LogP contribution in [0.1, 0.15) is 96.3 Å². The Morgan fingerprint density at radius 2 is 1.08 bits per heavy atom. The van der Waals surface area contributed by atoms with Gasteiger partial charge in [-0.25, -0.2) is 0 Å². The van der Waals surface area contributed by atoms with Crippen LogP contribution < -0.4 is 0 Å². The van der Waals surface area contributed by atoms with E-state index in [0.717, 1.165) is 36.6 Å². The summed E-state index contributed by atoms with van der Waals surface area (Å²) >= 11 is 0. The monoisotopic (exact) mass is 328 g/mol. The molecule has 0 aliphatic carbocycles. The van der Waals surface area contributed by atoms with Crippen molar-refractivity contribution < 1.29 is 4.65 Å². The minimum Gasteiger partial charge on any atom is -0.435 e. The van der Waals surface area contributed by atoms with E-state index in [4.69, 9.17) is 4.65 Å². The molecular formula is C21H38B2O. The van der Waals surface area contributed by atoms with Gasteiger partial charge in [-0.3, -0.25) is 0 Å². The maximum atomic E-state index is 6.42. The van der Waals surface area contributed by atoms with Crippen LogP contribution in [0.2, 0.25) is 29.6 Å². The van der Waals surface area contributed by atoms with Gasteiger partial charge in [-0.2, -0.15) is 0 Å². The normalized spacial score (nSPS) is 36.0. The van der Waals surface area contributed by atoms with Crippen LogP contribution in [-0.4, -0.2) is 20.2 Å². The van der Waals surface area contributed by atoms with Crippen LogP contribution in [0.5, 0.6) is 0 Å². The molecule has 24 heavy (non-hydrogen) atoms.